The van der Waals surface area contributed by atoms with Crippen LogP contribution in [0, 0.1) is 0 Å². The number of amides is 1. The largest absolute Gasteiger partial charge is 0.397 e. The molecule has 0 aliphatic heterocycles. The molecule has 2 rings (SSSR count). The van der Waals surface area contributed by atoms with E-state index < -0.39 is 0 Å². The highest BCUT2D eigenvalue weighted by Gasteiger charge is 2.17. The van der Waals surface area contributed by atoms with Crippen LogP contribution in [0.5, 0.6) is 0 Å². The Hall–Kier alpha value is -2.07. The van der Waals surface area contributed by atoms with E-state index >= 15 is 0 Å². The lowest BCUT2D eigenvalue weighted by Crippen LogP contribution is -2.27. The second-order valence-corrected chi connectivity index (χ2v) is 4.18. The van der Waals surface area contributed by atoms with Gasteiger partial charge in [-0.25, -0.2) is 0 Å². The van der Waals surface area contributed by atoms with Crippen molar-refractivity contribution in [2.45, 2.75) is 0 Å². The zero-order valence-electron chi connectivity index (χ0n) is 9.80. The van der Waals surface area contributed by atoms with Gasteiger partial charge in [-0.15, -0.1) is 0 Å². The van der Waals surface area contributed by atoms with E-state index in [1.165, 1.54) is 4.90 Å². The van der Waals surface area contributed by atoms with E-state index in [0.29, 0.717) is 22.0 Å². The number of para-hydroxylation sites is 1. The highest BCUT2D eigenvalue weighted by molar-refractivity contribution is 6.34. The fourth-order valence-corrected chi connectivity index (χ4v) is 1.75. The quantitative estimate of drug-likeness (QED) is 0.846. The molecule has 92 valence electrons. The number of carbonyl (C=O) groups is 1. The Morgan fingerprint density at radius 2 is 2.11 bits per heavy atom. The summed E-state index contributed by atoms with van der Waals surface area (Å²) in [5.74, 6) is -0.219. The van der Waals surface area contributed by atoms with Gasteiger partial charge in [0.05, 0.1) is 28.2 Å². The number of nitrogen functional groups attached to an aromatic ring is 1. The number of halogens is 1. The van der Waals surface area contributed by atoms with Crippen LogP contribution in [-0.4, -0.2) is 17.9 Å². The van der Waals surface area contributed by atoms with Crippen LogP contribution in [0.15, 0.2) is 42.7 Å². The van der Waals surface area contributed by atoms with Gasteiger partial charge >= 0.3 is 0 Å². The molecule has 4 nitrogen and oxygen atoms in total. The first kappa shape index (κ1) is 12.4. The van der Waals surface area contributed by atoms with Crippen LogP contribution in [-0.2, 0) is 0 Å². The van der Waals surface area contributed by atoms with Gasteiger partial charge in [-0.2, -0.15) is 0 Å². The number of nitrogens with two attached hydrogens (primary N) is 1. The SMILES string of the molecule is CN(C(=O)c1cccc(Cl)c1N)c1cccnc1. The van der Waals surface area contributed by atoms with Crippen LogP contribution < -0.4 is 10.6 Å². The molecule has 0 radical (unpaired) electrons. The zero-order valence-corrected chi connectivity index (χ0v) is 10.6. The molecule has 18 heavy (non-hydrogen) atoms. The minimum Gasteiger partial charge on any atom is -0.397 e. The fourth-order valence-electron chi connectivity index (χ4n) is 1.57. The molecule has 0 saturated heterocycles. The van der Waals surface area contributed by atoms with E-state index in [1.807, 2.05) is 0 Å². The average molecular weight is 262 g/mol. The summed E-state index contributed by atoms with van der Waals surface area (Å²) in [6.45, 7) is 0. The summed E-state index contributed by atoms with van der Waals surface area (Å²) >= 11 is 5.90. The summed E-state index contributed by atoms with van der Waals surface area (Å²) in [6.07, 6.45) is 3.26. The lowest BCUT2D eigenvalue weighted by molar-refractivity contribution is 0.0994. The molecule has 1 aromatic heterocycles. The van der Waals surface area contributed by atoms with Crippen molar-refractivity contribution >= 4 is 28.9 Å². The monoisotopic (exact) mass is 261 g/mol. The topological polar surface area (TPSA) is 59.2 Å². The van der Waals surface area contributed by atoms with Gasteiger partial charge in [-0.3, -0.25) is 9.78 Å². The Balaban J connectivity index is 2.35. The lowest BCUT2D eigenvalue weighted by Gasteiger charge is -2.18. The highest BCUT2D eigenvalue weighted by atomic mass is 35.5. The van der Waals surface area contributed by atoms with E-state index in [2.05, 4.69) is 4.98 Å². The average Bonchev–Trinajstić information content (AvgIpc) is 2.41. The van der Waals surface area contributed by atoms with Gasteiger partial charge in [0.25, 0.3) is 5.91 Å². The van der Waals surface area contributed by atoms with Crippen molar-refractivity contribution in [2.24, 2.45) is 0 Å². The standard InChI is InChI=1S/C13H12ClN3O/c1-17(9-4-3-7-16-8-9)13(18)10-5-2-6-11(14)12(10)15/h2-8H,15H2,1H3. The van der Waals surface area contributed by atoms with Gasteiger partial charge in [0, 0.05) is 13.2 Å². The van der Waals surface area contributed by atoms with E-state index in [4.69, 9.17) is 17.3 Å². The highest BCUT2D eigenvalue weighted by Crippen LogP contribution is 2.24. The minimum atomic E-state index is -0.219. The van der Waals surface area contributed by atoms with Crippen LogP contribution in [0.25, 0.3) is 0 Å². The molecule has 0 bridgehead atoms. The molecule has 0 saturated carbocycles. The number of aromatic nitrogens is 1. The fraction of sp³-hybridized carbons (Fsp3) is 0.0769. The number of benzene rings is 1. The summed E-state index contributed by atoms with van der Waals surface area (Å²) in [5.41, 5.74) is 7.18. The van der Waals surface area contributed by atoms with Crippen molar-refractivity contribution in [1.82, 2.24) is 4.98 Å². The van der Waals surface area contributed by atoms with Crippen LogP contribution in [0.2, 0.25) is 5.02 Å². The molecule has 0 aliphatic rings. The summed E-state index contributed by atoms with van der Waals surface area (Å²) in [7, 11) is 1.67. The third-order valence-electron chi connectivity index (χ3n) is 2.62. The molecule has 5 heteroatoms. The maximum absolute atomic E-state index is 12.3. The second kappa shape index (κ2) is 5.06. The maximum atomic E-state index is 12.3. The van der Waals surface area contributed by atoms with Crippen molar-refractivity contribution in [3.05, 3.63) is 53.3 Å². The Bertz CT molecular complexity index is 572. The summed E-state index contributed by atoms with van der Waals surface area (Å²) < 4.78 is 0. The van der Waals surface area contributed by atoms with Crippen molar-refractivity contribution in [3.8, 4) is 0 Å². The molecular weight excluding hydrogens is 250 g/mol. The maximum Gasteiger partial charge on any atom is 0.260 e. The number of pyridine rings is 1. The Labute approximate surface area is 110 Å². The van der Waals surface area contributed by atoms with Crippen molar-refractivity contribution in [2.75, 3.05) is 17.7 Å². The molecule has 2 N–H and O–H groups in total. The Kier molecular flexibility index (Phi) is 3.48. The van der Waals surface area contributed by atoms with Gasteiger partial charge in [0.1, 0.15) is 0 Å². The third kappa shape index (κ3) is 2.28. The molecule has 0 atom stereocenters. The molecule has 1 aromatic carbocycles. The molecule has 1 amide bonds. The van der Waals surface area contributed by atoms with Crippen LogP contribution >= 0.6 is 11.6 Å². The van der Waals surface area contributed by atoms with E-state index in [1.54, 1.807) is 49.8 Å². The lowest BCUT2D eigenvalue weighted by atomic mass is 10.1. The van der Waals surface area contributed by atoms with Crippen LogP contribution in [0.1, 0.15) is 10.4 Å². The number of carbonyl (C=O) groups excluding carboxylic acids is 1. The molecule has 0 unspecified atom stereocenters. The number of hydrogen-bond acceptors (Lipinski definition) is 3. The van der Waals surface area contributed by atoms with Gasteiger partial charge < -0.3 is 10.6 Å². The minimum absolute atomic E-state index is 0.219. The molecule has 0 fully saturated rings. The summed E-state index contributed by atoms with van der Waals surface area (Å²) in [5, 5.41) is 0.375. The molecule has 0 spiro atoms. The van der Waals surface area contributed by atoms with E-state index in [0.717, 1.165) is 0 Å². The predicted molar refractivity (Wildman–Crippen MR) is 72.8 cm³/mol. The van der Waals surface area contributed by atoms with Gasteiger partial charge in [0.2, 0.25) is 0 Å². The summed E-state index contributed by atoms with van der Waals surface area (Å²) in [6, 6.07) is 8.56. The van der Waals surface area contributed by atoms with E-state index in [-0.39, 0.29) is 5.91 Å². The molecular formula is C13H12ClN3O. The normalized spacial score (nSPS) is 10.1. The van der Waals surface area contributed by atoms with Gasteiger partial charge in [-0.1, -0.05) is 17.7 Å². The van der Waals surface area contributed by atoms with Crippen LogP contribution in [0.3, 0.4) is 0 Å². The molecule has 0 aliphatic carbocycles. The van der Waals surface area contributed by atoms with Crippen molar-refractivity contribution in [3.63, 3.8) is 0 Å². The number of nitrogens with zero attached hydrogens (tertiary/aromatic N) is 2. The number of rotatable bonds is 2. The summed E-state index contributed by atoms with van der Waals surface area (Å²) in [4.78, 5) is 17.7. The molecule has 2 aromatic rings. The van der Waals surface area contributed by atoms with Gasteiger partial charge in [0.15, 0.2) is 0 Å². The Morgan fingerprint density at radius 3 is 2.78 bits per heavy atom. The van der Waals surface area contributed by atoms with Crippen molar-refractivity contribution < 1.29 is 4.79 Å². The zero-order chi connectivity index (χ0) is 13.1. The predicted octanol–water partition coefficient (Wildman–Crippen LogP) is 2.59. The first-order valence-electron chi connectivity index (χ1n) is 5.33. The van der Waals surface area contributed by atoms with E-state index in [9.17, 15) is 4.79 Å². The first-order chi connectivity index (χ1) is 8.61. The Morgan fingerprint density at radius 1 is 1.33 bits per heavy atom. The number of anilines is 2. The smallest absolute Gasteiger partial charge is 0.260 e. The number of hydrogen-bond donors (Lipinski definition) is 1. The van der Waals surface area contributed by atoms with Gasteiger partial charge in [-0.05, 0) is 24.3 Å². The van der Waals surface area contributed by atoms with Crippen LogP contribution in [0.4, 0.5) is 11.4 Å². The first-order valence-corrected chi connectivity index (χ1v) is 5.71. The molecule has 1 heterocycles. The second-order valence-electron chi connectivity index (χ2n) is 3.78. The third-order valence-corrected chi connectivity index (χ3v) is 2.95. The van der Waals surface area contributed by atoms with Crippen molar-refractivity contribution in [1.29, 1.82) is 0 Å².